The van der Waals surface area contributed by atoms with E-state index in [1.165, 1.54) is 10.4 Å². The van der Waals surface area contributed by atoms with E-state index in [-0.39, 0.29) is 0 Å². The number of hydrogen-bond donors (Lipinski definition) is 1. The van der Waals surface area contributed by atoms with Gasteiger partial charge in [-0.2, -0.15) is 0 Å². The van der Waals surface area contributed by atoms with E-state index >= 15 is 0 Å². The molecule has 0 aliphatic carbocycles. The van der Waals surface area contributed by atoms with Crippen molar-refractivity contribution >= 4 is 28.6 Å². The van der Waals surface area contributed by atoms with Crippen molar-refractivity contribution in [1.29, 1.82) is 0 Å². The molecule has 0 bridgehead atoms. The molecule has 0 saturated heterocycles. The standard InChI is InChI=1S/C14H16ClNOS/c1-3-17-13-8-10(2)4-6-12(13)16-9-11-5-7-14(15)18-11/h4-8,16H,3,9H2,1-2H3. The van der Waals surface area contributed by atoms with Crippen LogP contribution in [-0.4, -0.2) is 6.61 Å². The lowest BCUT2D eigenvalue weighted by atomic mass is 10.2. The monoisotopic (exact) mass is 281 g/mol. The molecule has 0 radical (unpaired) electrons. The summed E-state index contributed by atoms with van der Waals surface area (Å²) in [7, 11) is 0. The first-order chi connectivity index (χ1) is 8.69. The molecule has 96 valence electrons. The van der Waals surface area contributed by atoms with E-state index in [4.69, 9.17) is 16.3 Å². The Labute approximate surface area is 117 Å². The van der Waals surface area contributed by atoms with Gasteiger partial charge in [-0.15, -0.1) is 11.3 Å². The Morgan fingerprint density at radius 1 is 1.28 bits per heavy atom. The molecule has 0 unspecified atom stereocenters. The van der Waals surface area contributed by atoms with Crippen LogP contribution >= 0.6 is 22.9 Å². The Morgan fingerprint density at radius 3 is 2.78 bits per heavy atom. The smallest absolute Gasteiger partial charge is 0.142 e. The van der Waals surface area contributed by atoms with E-state index in [1.807, 2.05) is 25.1 Å². The Balaban J connectivity index is 2.08. The Hall–Kier alpha value is -1.19. The van der Waals surface area contributed by atoms with Gasteiger partial charge in [0.2, 0.25) is 0 Å². The van der Waals surface area contributed by atoms with Gasteiger partial charge in [-0.05, 0) is 43.7 Å². The molecule has 0 aliphatic rings. The number of thiophene rings is 1. The molecule has 2 nitrogen and oxygen atoms in total. The van der Waals surface area contributed by atoms with Crippen molar-refractivity contribution in [1.82, 2.24) is 0 Å². The van der Waals surface area contributed by atoms with Gasteiger partial charge >= 0.3 is 0 Å². The van der Waals surface area contributed by atoms with Gasteiger partial charge < -0.3 is 10.1 Å². The van der Waals surface area contributed by atoms with Crippen LogP contribution in [0.1, 0.15) is 17.4 Å². The lowest BCUT2D eigenvalue weighted by Crippen LogP contribution is -2.01. The number of hydrogen-bond acceptors (Lipinski definition) is 3. The van der Waals surface area contributed by atoms with Crippen LogP contribution in [0.3, 0.4) is 0 Å². The highest BCUT2D eigenvalue weighted by atomic mass is 35.5. The maximum Gasteiger partial charge on any atom is 0.142 e. The van der Waals surface area contributed by atoms with Gasteiger partial charge in [-0.25, -0.2) is 0 Å². The van der Waals surface area contributed by atoms with Crippen LogP contribution in [-0.2, 0) is 6.54 Å². The van der Waals surface area contributed by atoms with Gasteiger partial charge in [0, 0.05) is 11.4 Å². The normalized spacial score (nSPS) is 10.4. The minimum Gasteiger partial charge on any atom is -0.492 e. The van der Waals surface area contributed by atoms with Crippen molar-refractivity contribution in [3.63, 3.8) is 0 Å². The van der Waals surface area contributed by atoms with Crippen LogP contribution in [0.5, 0.6) is 5.75 Å². The van der Waals surface area contributed by atoms with Crippen molar-refractivity contribution in [3.8, 4) is 5.75 Å². The predicted octanol–water partition coefficient (Wildman–Crippen LogP) is 4.72. The molecule has 18 heavy (non-hydrogen) atoms. The minimum absolute atomic E-state index is 0.670. The van der Waals surface area contributed by atoms with Crippen LogP contribution in [0.25, 0.3) is 0 Å². The van der Waals surface area contributed by atoms with Gasteiger partial charge in [0.05, 0.1) is 16.6 Å². The van der Waals surface area contributed by atoms with Gasteiger partial charge in [0.15, 0.2) is 0 Å². The topological polar surface area (TPSA) is 21.3 Å². The fourth-order valence-electron chi connectivity index (χ4n) is 1.68. The van der Waals surface area contributed by atoms with Crippen molar-refractivity contribution in [2.75, 3.05) is 11.9 Å². The van der Waals surface area contributed by atoms with E-state index in [0.29, 0.717) is 6.61 Å². The number of nitrogens with one attached hydrogen (secondary N) is 1. The molecule has 2 rings (SSSR count). The molecule has 0 fully saturated rings. The zero-order chi connectivity index (χ0) is 13.0. The van der Waals surface area contributed by atoms with E-state index in [0.717, 1.165) is 22.3 Å². The third-order valence-corrected chi connectivity index (χ3v) is 3.75. The third kappa shape index (κ3) is 3.40. The Bertz CT molecular complexity index is 524. The third-order valence-electron chi connectivity index (χ3n) is 2.52. The molecule has 1 aromatic heterocycles. The highest BCUT2D eigenvalue weighted by molar-refractivity contribution is 7.16. The molecule has 0 aliphatic heterocycles. The number of aryl methyl sites for hydroxylation is 1. The zero-order valence-electron chi connectivity index (χ0n) is 10.5. The summed E-state index contributed by atoms with van der Waals surface area (Å²) in [5.41, 5.74) is 2.22. The summed E-state index contributed by atoms with van der Waals surface area (Å²) >= 11 is 7.50. The predicted molar refractivity (Wildman–Crippen MR) is 79.0 cm³/mol. The van der Waals surface area contributed by atoms with Crippen LogP contribution in [0.2, 0.25) is 4.34 Å². The highest BCUT2D eigenvalue weighted by Crippen LogP contribution is 2.28. The van der Waals surface area contributed by atoms with Crippen molar-refractivity contribution in [2.24, 2.45) is 0 Å². The zero-order valence-corrected chi connectivity index (χ0v) is 12.1. The van der Waals surface area contributed by atoms with Crippen molar-refractivity contribution in [3.05, 3.63) is 45.1 Å². The van der Waals surface area contributed by atoms with Gasteiger partial charge in [0.25, 0.3) is 0 Å². The van der Waals surface area contributed by atoms with E-state index < -0.39 is 0 Å². The molecule has 0 amide bonds. The van der Waals surface area contributed by atoms with Gasteiger partial charge in [-0.1, -0.05) is 17.7 Å². The number of benzene rings is 1. The van der Waals surface area contributed by atoms with E-state index in [1.54, 1.807) is 11.3 Å². The molecule has 0 spiro atoms. The molecule has 0 atom stereocenters. The highest BCUT2D eigenvalue weighted by Gasteiger charge is 2.04. The van der Waals surface area contributed by atoms with Crippen molar-refractivity contribution < 1.29 is 4.74 Å². The van der Waals surface area contributed by atoms with E-state index in [9.17, 15) is 0 Å². The number of rotatable bonds is 5. The van der Waals surface area contributed by atoms with Crippen molar-refractivity contribution in [2.45, 2.75) is 20.4 Å². The summed E-state index contributed by atoms with van der Waals surface area (Å²) in [6.07, 6.45) is 0. The number of ether oxygens (including phenoxy) is 1. The molecule has 1 heterocycles. The van der Waals surface area contributed by atoms with Gasteiger partial charge in [0.1, 0.15) is 5.75 Å². The quantitative estimate of drug-likeness (QED) is 0.856. The molecule has 1 aromatic carbocycles. The van der Waals surface area contributed by atoms with Crippen LogP contribution < -0.4 is 10.1 Å². The second-order valence-corrected chi connectivity index (χ2v) is 5.79. The summed E-state index contributed by atoms with van der Waals surface area (Å²) in [6, 6.07) is 10.1. The summed E-state index contributed by atoms with van der Waals surface area (Å²) in [4.78, 5) is 1.21. The fraction of sp³-hybridized carbons (Fsp3) is 0.286. The van der Waals surface area contributed by atoms with Crippen LogP contribution in [0, 0.1) is 6.92 Å². The Kier molecular flexibility index (Phi) is 4.50. The first-order valence-electron chi connectivity index (χ1n) is 5.90. The van der Waals surface area contributed by atoms with E-state index in [2.05, 4.69) is 24.4 Å². The van der Waals surface area contributed by atoms with Crippen LogP contribution in [0.15, 0.2) is 30.3 Å². The second-order valence-electron chi connectivity index (χ2n) is 3.99. The largest absolute Gasteiger partial charge is 0.492 e. The summed E-state index contributed by atoms with van der Waals surface area (Å²) in [6.45, 7) is 5.49. The molecule has 4 heteroatoms. The molecular weight excluding hydrogens is 266 g/mol. The average Bonchev–Trinajstić information content (AvgIpc) is 2.75. The van der Waals surface area contributed by atoms with Gasteiger partial charge in [-0.3, -0.25) is 0 Å². The molecule has 1 N–H and O–H groups in total. The summed E-state index contributed by atoms with van der Waals surface area (Å²) < 4.78 is 6.45. The Morgan fingerprint density at radius 2 is 2.11 bits per heavy atom. The maximum absolute atomic E-state index is 5.91. The lowest BCUT2D eigenvalue weighted by Gasteiger charge is -2.12. The fourth-order valence-corrected chi connectivity index (χ4v) is 2.71. The number of anilines is 1. The second kappa shape index (κ2) is 6.12. The molecule has 0 saturated carbocycles. The average molecular weight is 282 g/mol. The molecule has 2 aromatic rings. The first-order valence-corrected chi connectivity index (χ1v) is 7.10. The maximum atomic E-state index is 5.91. The minimum atomic E-state index is 0.670. The summed E-state index contributed by atoms with van der Waals surface area (Å²) in [5, 5.41) is 3.38. The lowest BCUT2D eigenvalue weighted by molar-refractivity contribution is 0.341. The summed E-state index contributed by atoms with van der Waals surface area (Å²) in [5.74, 6) is 0.903. The number of halogens is 1. The first kappa shape index (κ1) is 13.2. The molecular formula is C14H16ClNOS. The van der Waals surface area contributed by atoms with Crippen LogP contribution in [0.4, 0.5) is 5.69 Å². The SMILES string of the molecule is CCOc1cc(C)ccc1NCc1ccc(Cl)s1.